The van der Waals surface area contributed by atoms with Crippen molar-refractivity contribution in [2.75, 3.05) is 21.3 Å². The van der Waals surface area contributed by atoms with Crippen molar-refractivity contribution in [2.24, 2.45) is 0 Å². The first-order chi connectivity index (χ1) is 14.5. The molecular formula is C25H25O4S+. The van der Waals surface area contributed by atoms with E-state index >= 15 is 0 Å². The first-order valence-corrected chi connectivity index (χ1v) is 11.0. The fourth-order valence-electron chi connectivity index (χ4n) is 3.75. The lowest BCUT2D eigenvalue weighted by molar-refractivity contribution is 0.379. The topological polar surface area (TPSA) is 44.8 Å². The summed E-state index contributed by atoms with van der Waals surface area (Å²) in [5.74, 6) is 2.36. The molecule has 1 aromatic heterocycles. The van der Waals surface area contributed by atoms with Crippen molar-refractivity contribution in [1.29, 1.82) is 0 Å². The zero-order valence-electron chi connectivity index (χ0n) is 17.8. The van der Waals surface area contributed by atoms with Crippen molar-refractivity contribution in [2.45, 2.75) is 19.8 Å². The molecule has 154 valence electrons. The average Bonchev–Trinajstić information content (AvgIpc) is 2.78. The van der Waals surface area contributed by atoms with Gasteiger partial charge in [0.25, 0.3) is 4.90 Å². The Labute approximate surface area is 178 Å². The van der Waals surface area contributed by atoms with Crippen LogP contribution in [-0.4, -0.2) is 21.3 Å². The molecule has 4 nitrogen and oxygen atoms in total. The Hall–Kier alpha value is -3.05. The summed E-state index contributed by atoms with van der Waals surface area (Å²) in [6.07, 6.45) is 0. The molecule has 0 fully saturated rings. The maximum absolute atomic E-state index is 13.4. The molecule has 0 N–H and O–H groups in total. The highest BCUT2D eigenvalue weighted by atomic mass is 32.2. The van der Waals surface area contributed by atoms with Crippen LogP contribution in [0.5, 0.6) is 17.2 Å². The van der Waals surface area contributed by atoms with Crippen molar-refractivity contribution in [3.05, 3.63) is 70.4 Å². The Morgan fingerprint density at radius 3 is 2.00 bits per heavy atom. The molecule has 1 unspecified atom stereocenters. The third-order valence-corrected chi connectivity index (χ3v) is 7.76. The predicted molar refractivity (Wildman–Crippen MR) is 125 cm³/mol. The molecular weight excluding hydrogens is 396 g/mol. The summed E-state index contributed by atoms with van der Waals surface area (Å²) in [5.41, 5.74) is 1.22. The molecule has 1 heterocycles. The van der Waals surface area contributed by atoms with Crippen LogP contribution < -0.4 is 19.6 Å². The molecule has 0 saturated heterocycles. The quantitative estimate of drug-likeness (QED) is 0.283. The van der Waals surface area contributed by atoms with Crippen molar-refractivity contribution in [3.63, 3.8) is 0 Å². The third-order valence-electron chi connectivity index (χ3n) is 5.36. The van der Waals surface area contributed by atoms with Gasteiger partial charge in [-0.25, -0.2) is 0 Å². The van der Waals surface area contributed by atoms with Crippen LogP contribution in [0.2, 0.25) is 0 Å². The smallest absolute Gasteiger partial charge is 0.263 e. The van der Waals surface area contributed by atoms with Gasteiger partial charge in [-0.15, -0.1) is 0 Å². The van der Waals surface area contributed by atoms with Gasteiger partial charge in [-0.2, -0.15) is 0 Å². The SMILES string of the molecule is COc1cc(OC)c(-[s+]2c3ccccc3c(=O)c3cc(C(C)C)ccc32)c(OC)c1. The molecule has 1 atom stereocenters. The summed E-state index contributed by atoms with van der Waals surface area (Å²) >= 11 is 0. The average molecular weight is 422 g/mol. The van der Waals surface area contributed by atoms with E-state index in [0.717, 1.165) is 30.6 Å². The molecule has 0 bridgehead atoms. The first kappa shape index (κ1) is 20.2. The minimum atomic E-state index is -0.560. The fourth-order valence-corrected chi connectivity index (χ4v) is 6.29. The van der Waals surface area contributed by atoms with Crippen LogP contribution in [0.3, 0.4) is 0 Å². The van der Waals surface area contributed by atoms with E-state index in [9.17, 15) is 4.79 Å². The summed E-state index contributed by atoms with van der Waals surface area (Å²) in [5, 5.41) is 1.48. The van der Waals surface area contributed by atoms with Crippen molar-refractivity contribution < 1.29 is 14.2 Å². The second kappa shape index (κ2) is 8.00. The highest BCUT2D eigenvalue weighted by Gasteiger charge is 2.30. The lowest BCUT2D eigenvalue weighted by atomic mass is 10.0. The first-order valence-electron chi connectivity index (χ1n) is 9.82. The van der Waals surface area contributed by atoms with Gasteiger partial charge in [0.05, 0.1) is 32.1 Å². The van der Waals surface area contributed by atoms with E-state index in [1.165, 1.54) is 0 Å². The van der Waals surface area contributed by atoms with E-state index in [1.54, 1.807) is 21.3 Å². The van der Waals surface area contributed by atoms with E-state index in [0.29, 0.717) is 23.2 Å². The van der Waals surface area contributed by atoms with Crippen molar-refractivity contribution >= 4 is 30.6 Å². The van der Waals surface area contributed by atoms with Crippen LogP contribution in [0, 0.1) is 0 Å². The van der Waals surface area contributed by atoms with Crippen LogP contribution in [0.15, 0.2) is 59.4 Å². The van der Waals surface area contributed by atoms with Crippen LogP contribution in [-0.2, 0) is 0 Å². The molecule has 0 amide bonds. The van der Waals surface area contributed by atoms with Gasteiger partial charge in [0.2, 0.25) is 5.43 Å². The molecule has 0 aliphatic carbocycles. The van der Waals surface area contributed by atoms with Gasteiger partial charge < -0.3 is 14.2 Å². The Morgan fingerprint density at radius 1 is 0.767 bits per heavy atom. The second-order valence-corrected chi connectivity index (χ2v) is 9.30. The Bertz CT molecular complexity index is 1280. The highest BCUT2D eigenvalue weighted by molar-refractivity contribution is 7.50. The maximum Gasteiger partial charge on any atom is 0.263 e. The summed E-state index contributed by atoms with van der Waals surface area (Å²) < 4.78 is 18.9. The number of benzene rings is 3. The monoisotopic (exact) mass is 421 g/mol. The van der Waals surface area contributed by atoms with E-state index in [-0.39, 0.29) is 5.43 Å². The van der Waals surface area contributed by atoms with Gasteiger partial charge in [-0.3, -0.25) is 4.79 Å². The molecule has 0 spiro atoms. The number of ether oxygens (including phenoxy) is 3. The van der Waals surface area contributed by atoms with E-state index < -0.39 is 10.5 Å². The van der Waals surface area contributed by atoms with Crippen molar-refractivity contribution in [3.8, 4) is 22.1 Å². The molecule has 4 aromatic rings. The zero-order chi connectivity index (χ0) is 21.4. The largest absolute Gasteiger partial charge is 0.496 e. The summed E-state index contributed by atoms with van der Waals surface area (Å²) in [6.45, 7) is 4.27. The Morgan fingerprint density at radius 2 is 1.40 bits per heavy atom. The molecule has 0 saturated carbocycles. The third kappa shape index (κ3) is 3.19. The number of hydrogen-bond donors (Lipinski definition) is 0. The normalized spacial score (nSPS) is 11.9. The highest BCUT2D eigenvalue weighted by Crippen LogP contribution is 2.53. The lowest BCUT2D eigenvalue weighted by Crippen LogP contribution is -2.04. The molecule has 0 radical (unpaired) electrons. The zero-order valence-corrected chi connectivity index (χ0v) is 18.6. The minimum Gasteiger partial charge on any atom is -0.496 e. The van der Waals surface area contributed by atoms with E-state index in [1.807, 2.05) is 42.5 Å². The summed E-state index contributed by atoms with van der Waals surface area (Å²) in [7, 11) is 4.35. The Balaban J connectivity index is 2.23. The molecule has 0 aliphatic rings. The minimum absolute atomic E-state index is 0.0679. The van der Waals surface area contributed by atoms with Crippen LogP contribution >= 0.6 is 10.5 Å². The molecule has 5 heteroatoms. The van der Waals surface area contributed by atoms with E-state index in [4.69, 9.17) is 14.2 Å². The second-order valence-electron chi connectivity index (χ2n) is 7.40. The number of methoxy groups -OCH3 is 3. The molecule has 30 heavy (non-hydrogen) atoms. The van der Waals surface area contributed by atoms with Crippen molar-refractivity contribution in [1.82, 2.24) is 0 Å². The lowest BCUT2D eigenvalue weighted by Gasteiger charge is -2.13. The predicted octanol–water partition coefficient (Wildman–Crippen LogP) is 6.24. The van der Waals surface area contributed by atoms with Crippen LogP contribution in [0.1, 0.15) is 25.3 Å². The van der Waals surface area contributed by atoms with Crippen LogP contribution in [0.25, 0.3) is 25.1 Å². The molecule has 3 aromatic carbocycles. The number of hydrogen-bond acceptors (Lipinski definition) is 4. The summed E-state index contributed by atoms with van der Waals surface area (Å²) in [4.78, 5) is 14.3. The van der Waals surface area contributed by atoms with Crippen LogP contribution in [0.4, 0.5) is 0 Å². The number of rotatable bonds is 5. The molecule has 4 rings (SSSR count). The van der Waals surface area contributed by atoms with Gasteiger partial charge in [-0.1, -0.05) is 32.0 Å². The van der Waals surface area contributed by atoms with E-state index in [2.05, 4.69) is 26.0 Å². The van der Waals surface area contributed by atoms with Gasteiger partial charge in [0.1, 0.15) is 5.75 Å². The van der Waals surface area contributed by atoms with Gasteiger partial charge in [0, 0.05) is 22.6 Å². The van der Waals surface area contributed by atoms with Gasteiger partial charge in [-0.05, 0) is 35.7 Å². The maximum atomic E-state index is 13.4. The standard InChI is InChI=1S/C25H25O4S/c1-15(2)16-10-11-23-19(12-16)24(26)18-8-6-7-9-22(18)30(23)25-20(28-4)13-17(27-3)14-21(25)29-5/h6-15H,1-5H3/q+1. The fraction of sp³-hybridized carbons (Fsp3) is 0.240. The van der Waals surface area contributed by atoms with Gasteiger partial charge in [0.15, 0.2) is 20.9 Å². The summed E-state index contributed by atoms with van der Waals surface area (Å²) in [6, 6.07) is 17.8. The number of fused-ring (bicyclic) bond motifs is 2. The van der Waals surface area contributed by atoms with Gasteiger partial charge >= 0.3 is 0 Å². The Kier molecular flexibility index (Phi) is 5.39. The molecule has 0 aliphatic heterocycles.